The van der Waals surface area contributed by atoms with Crippen molar-refractivity contribution in [3.8, 4) is 17.2 Å². The third kappa shape index (κ3) is 4.52. The minimum atomic E-state index is 0.226. The lowest BCUT2D eigenvalue weighted by molar-refractivity contribution is 0.343. The molecular formula is C27H23ClO3. The van der Waals surface area contributed by atoms with Crippen molar-refractivity contribution < 1.29 is 14.9 Å². The fourth-order valence-corrected chi connectivity index (χ4v) is 3.87. The van der Waals surface area contributed by atoms with Gasteiger partial charge in [-0.3, -0.25) is 0 Å². The van der Waals surface area contributed by atoms with Crippen LogP contribution in [0.3, 0.4) is 0 Å². The number of aromatic hydroxyl groups is 2. The van der Waals surface area contributed by atoms with Crippen LogP contribution in [0.4, 0.5) is 0 Å². The Bertz CT molecular complexity index is 1230. The molecule has 0 saturated heterocycles. The van der Waals surface area contributed by atoms with Crippen LogP contribution in [-0.2, 0) is 0 Å². The van der Waals surface area contributed by atoms with Crippen LogP contribution in [0.2, 0.25) is 0 Å². The Labute approximate surface area is 186 Å². The normalized spacial score (nSPS) is 11.9. The lowest BCUT2D eigenvalue weighted by Crippen LogP contribution is -1.98. The van der Waals surface area contributed by atoms with Gasteiger partial charge in [0, 0.05) is 0 Å². The predicted octanol–water partition coefficient (Wildman–Crippen LogP) is 6.85. The average Bonchev–Trinajstić information content (AvgIpc) is 2.79. The molecule has 0 heterocycles. The first-order valence-corrected chi connectivity index (χ1v) is 10.6. The third-order valence-corrected chi connectivity index (χ3v) is 5.45. The van der Waals surface area contributed by atoms with Crippen molar-refractivity contribution in [3.63, 3.8) is 0 Å². The zero-order valence-electron chi connectivity index (χ0n) is 17.2. The molecule has 0 aliphatic rings. The van der Waals surface area contributed by atoms with Crippen molar-refractivity contribution >= 4 is 33.5 Å². The number of ether oxygens (including phenoxy) is 1. The van der Waals surface area contributed by atoms with Gasteiger partial charge in [0.2, 0.25) is 0 Å². The highest BCUT2D eigenvalue weighted by Gasteiger charge is 2.14. The minimum Gasteiger partial charge on any atom is -0.508 e. The van der Waals surface area contributed by atoms with Crippen molar-refractivity contribution in [2.24, 2.45) is 0 Å². The van der Waals surface area contributed by atoms with Crippen LogP contribution in [0.15, 0.2) is 84.9 Å². The highest BCUT2D eigenvalue weighted by atomic mass is 35.5. The number of benzene rings is 4. The van der Waals surface area contributed by atoms with Gasteiger partial charge in [-0.25, -0.2) is 0 Å². The van der Waals surface area contributed by atoms with Crippen LogP contribution in [0.1, 0.15) is 23.6 Å². The molecular weight excluding hydrogens is 408 g/mol. The summed E-state index contributed by atoms with van der Waals surface area (Å²) in [6.45, 7) is 2.56. The number of hydrogen-bond donors (Lipinski definition) is 2. The Morgan fingerprint density at radius 2 is 1.48 bits per heavy atom. The lowest BCUT2D eigenvalue weighted by Gasteiger charge is -2.17. The van der Waals surface area contributed by atoms with Gasteiger partial charge in [0.1, 0.15) is 23.9 Å². The summed E-state index contributed by atoms with van der Waals surface area (Å²) >= 11 is 5.71. The molecule has 0 aliphatic heterocycles. The van der Waals surface area contributed by atoms with Gasteiger partial charge in [-0.1, -0.05) is 48.5 Å². The van der Waals surface area contributed by atoms with Gasteiger partial charge >= 0.3 is 0 Å². The van der Waals surface area contributed by atoms with Crippen molar-refractivity contribution in [3.05, 3.63) is 102 Å². The van der Waals surface area contributed by atoms with E-state index in [9.17, 15) is 10.2 Å². The van der Waals surface area contributed by atoms with Gasteiger partial charge in [0.15, 0.2) is 0 Å². The van der Waals surface area contributed by atoms with Crippen molar-refractivity contribution in [2.75, 3.05) is 12.5 Å². The number of hydrogen-bond acceptors (Lipinski definition) is 3. The Kier molecular flexibility index (Phi) is 6.15. The molecule has 0 bridgehead atoms. The Morgan fingerprint density at radius 3 is 2.19 bits per heavy atom. The standard InChI is InChI=1S/C27H23ClO3/c1-18(19-7-12-24(13-8-19)31-16-15-28)27(20-5-9-22(29)10-6-20)26-4-2-3-21-17-23(30)11-14-25(21)26/h2-14,17,29-30H,15-16H2,1H3. The van der Waals surface area contributed by atoms with Gasteiger partial charge in [0.25, 0.3) is 0 Å². The number of fused-ring (bicyclic) bond motifs is 1. The van der Waals surface area contributed by atoms with E-state index in [0.717, 1.165) is 44.4 Å². The predicted molar refractivity (Wildman–Crippen MR) is 128 cm³/mol. The molecule has 0 fully saturated rings. The molecule has 3 nitrogen and oxygen atoms in total. The van der Waals surface area contributed by atoms with E-state index in [4.69, 9.17) is 16.3 Å². The Hall–Kier alpha value is -3.43. The van der Waals surface area contributed by atoms with Gasteiger partial charge in [-0.2, -0.15) is 0 Å². The van der Waals surface area contributed by atoms with Gasteiger partial charge < -0.3 is 14.9 Å². The molecule has 0 amide bonds. The maximum absolute atomic E-state index is 9.92. The second-order valence-corrected chi connectivity index (χ2v) is 7.70. The third-order valence-electron chi connectivity index (χ3n) is 5.30. The van der Waals surface area contributed by atoms with E-state index in [-0.39, 0.29) is 11.5 Å². The second kappa shape index (κ2) is 9.15. The molecule has 2 N–H and O–H groups in total. The average molecular weight is 431 g/mol. The molecule has 0 aliphatic carbocycles. The van der Waals surface area contributed by atoms with E-state index >= 15 is 0 Å². The Morgan fingerprint density at radius 1 is 0.806 bits per heavy atom. The molecule has 0 spiro atoms. The molecule has 0 unspecified atom stereocenters. The van der Waals surface area contributed by atoms with E-state index in [1.54, 1.807) is 24.3 Å². The van der Waals surface area contributed by atoms with Crippen LogP contribution >= 0.6 is 11.6 Å². The SMILES string of the molecule is CC(=C(c1ccc(O)cc1)c1cccc2cc(O)ccc12)c1ccc(OCCCl)cc1. The lowest BCUT2D eigenvalue weighted by atomic mass is 9.87. The summed E-state index contributed by atoms with van der Waals surface area (Å²) in [7, 11) is 0. The van der Waals surface area contributed by atoms with E-state index in [0.29, 0.717) is 12.5 Å². The molecule has 31 heavy (non-hydrogen) atoms. The summed E-state index contributed by atoms with van der Waals surface area (Å²) in [4.78, 5) is 0. The summed E-state index contributed by atoms with van der Waals surface area (Å²) in [6.07, 6.45) is 0. The summed E-state index contributed by atoms with van der Waals surface area (Å²) in [5.74, 6) is 1.69. The maximum atomic E-state index is 9.92. The molecule has 4 rings (SSSR count). The van der Waals surface area contributed by atoms with E-state index in [2.05, 4.69) is 13.0 Å². The fourth-order valence-electron chi connectivity index (χ4n) is 3.79. The zero-order valence-corrected chi connectivity index (χ0v) is 17.9. The van der Waals surface area contributed by atoms with Crippen molar-refractivity contribution in [2.45, 2.75) is 6.92 Å². The highest BCUT2D eigenvalue weighted by molar-refractivity contribution is 6.18. The topological polar surface area (TPSA) is 49.7 Å². The second-order valence-electron chi connectivity index (χ2n) is 7.32. The molecule has 0 aromatic heterocycles. The number of phenolic OH excluding ortho intramolecular Hbond substituents is 2. The first kappa shape index (κ1) is 20.8. The van der Waals surface area contributed by atoms with Gasteiger partial charge in [0.05, 0.1) is 5.88 Å². The number of halogens is 1. The first-order valence-electron chi connectivity index (χ1n) is 10.1. The number of alkyl halides is 1. The molecule has 4 heteroatoms. The van der Waals surface area contributed by atoms with E-state index < -0.39 is 0 Å². The monoisotopic (exact) mass is 430 g/mol. The molecule has 0 saturated carbocycles. The van der Waals surface area contributed by atoms with Crippen LogP contribution in [0.5, 0.6) is 17.2 Å². The largest absolute Gasteiger partial charge is 0.508 e. The van der Waals surface area contributed by atoms with Crippen LogP contribution in [-0.4, -0.2) is 22.7 Å². The molecule has 0 radical (unpaired) electrons. The summed E-state index contributed by atoms with van der Waals surface area (Å²) in [5.41, 5.74) is 5.28. The van der Waals surface area contributed by atoms with Gasteiger partial charge in [-0.15, -0.1) is 11.6 Å². The summed E-state index contributed by atoms with van der Waals surface area (Å²) in [5, 5.41) is 21.7. The number of phenols is 2. The summed E-state index contributed by atoms with van der Waals surface area (Å²) < 4.78 is 5.60. The van der Waals surface area contributed by atoms with Crippen LogP contribution < -0.4 is 4.74 Å². The van der Waals surface area contributed by atoms with Crippen molar-refractivity contribution in [1.29, 1.82) is 0 Å². The molecule has 4 aromatic rings. The van der Waals surface area contributed by atoms with E-state index in [1.165, 1.54) is 0 Å². The minimum absolute atomic E-state index is 0.226. The smallest absolute Gasteiger partial charge is 0.119 e. The number of allylic oxidation sites excluding steroid dienone is 1. The molecule has 4 aromatic carbocycles. The number of rotatable bonds is 6. The first-order chi connectivity index (χ1) is 15.1. The van der Waals surface area contributed by atoms with Gasteiger partial charge in [-0.05, 0) is 81.9 Å². The maximum Gasteiger partial charge on any atom is 0.119 e. The molecule has 0 atom stereocenters. The van der Waals surface area contributed by atoms with Crippen molar-refractivity contribution in [1.82, 2.24) is 0 Å². The van der Waals surface area contributed by atoms with Crippen LogP contribution in [0, 0.1) is 0 Å². The highest BCUT2D eigenvalue weighted by Crippen LogP contribution is 2.37. The summed E-state index contributed by atoms with van der Waals surface area (Å²) in [6, 6.07) is 26.7. The van der Waals surface area contributed by atoms with E-state index in [1.807, 2.05) is 54.6 Å². The quantitative estimate of drug-likeness (QED) is 0.260. The van der Waals surface area contributed by atoms with Crippen LogP contribution in [0.25, 0.3) is 21.9 Å². The molecule has 156 valence electrons. The fraction of sp³-hybridized carbons (Fsp3) is 0.111. The Balaban J connectivity index is 1.91. The zero-order chi connectivity index (χ0) is 21.8.